The van der Waals surface area contributed by atoms with Crippen LogP contribution in [0.2, 0.25) is 0 Å². The maximum absolute atomic E-state index is 12.5. The van der Waals surface area contributed by atoms with Gasteiger partial charge in [-0.2, -0.15) is 0 Å². The molecule has 0 radical (unpaired) electrons. The van der Waals surface area contributed by atoms with Crippen LogP contribution in [0.4, 0.5) is 10.8 Å². The Morgan fingerprint density at radius 1 is 1.43 bits per heavy atom. The Bertz CT molecular complexity index is 909. The number of rotatable bonds is 8. The molecule has 28 heavy (non-hydrogen) atoms. The molecular formula is C19H19N3O5S. The first-order valence-electron chi connectivity index (χ1n) is 8.69. The van der Waals surface area contributed by atoms with Crippen molar-refractivity contribution in [2.24, 2.45) is 11.8 Å². The second kappa shape index (κ2) is 8.30. The van der Waals surface area contributed by atoms with Crippen LogP contribution in [0.1, 0.15) is 13.3 Å². The zero-order chi connectivity index (χ0) is 20.3. The minimum atomic E-state index is -0.468. The van der Waals surface area contributed by atoms with Crippen LogP contribution in [0.15, 0.2) is 42.3 Å². The van der Waals surface area contributed by atoms with Crippen molar-refractivity contribution in [3.63, 3.8) is 0 Å². The van der Waals surface area contributed by atoms with E-state index in [9.17, 15) is 19.7 Å². The molecule has 1 heterocycles. The van der Waals surface area contributed by atoms with Gasteiger partial charge in [-0.15, -0.1) is 17.9 Å². The van der Waals surface area contributed by atoms with Crippen LogP contribution in [0.25, 0.3) is 11.3 Å². The largest absolute Gasteiger partial charge is 0.455 e. The van der Waals surface area contributed by atoms with Crippen LogP contribution < -0.4 is 4.90 Å². The van der Waals surface area contributed by atoms with E-state index in [1.807, 2.05) is 6.92 Å². The Kier molecular flexibility index (Phi) is 5.84. The third-order valence-corrected chi connectivity index (χ3v) is 5.32. The van der Waals surface area contributed by atoms with E-state index in [0.717, 1.165) is 6.42 Å². The highest BCUT2D eigenvalue weighted by molar-refractivity contribution is 7.14. The van der Waals surface area contributed by atoms with E-state index in [1.54, 1.807) is 23.6 Å². The maximum atomic E-state index is 12.5. The summed E-state index contributed by atoms with van der Waals surface area (Å²) in [4.78, 5) is 40.5. The normalized spacial score (nSPS) is 17.6. The maximum Gasteiger partial charge on any atom is 0.309 e. The average molecular weight is 401 g/mol. The van der Waals surface area contributed by atoms with Crippen LogP contribution >= 0.6 is 11.3 Å². The van der Waals surface area contributed by atoms with Crippen LogP contribution in [-0.2, 0) is 14.3 Å². The van der Waals surface area contributed by atoms with E-state index in [1.165, 1.54) is 28.4 Å². The number of carbonyl (C=O) groups excluding carboxylic acids is 2. The smallest absolute Gasteiger partial charge is 0.309 e. The molecule has 146 valence electrons. The number of thiazole rings is 1. The van der Waals surface area contributed by atoms with Gasteiger partial charge in [-0.1, -0.05) is 13.0 Å². The Morgan fingerprint density at radius 3 is 2.68 bits per heavy atom. The highest BCUT2D eigenvalue weighted by atomic mass is 32.1. The standard InChI is InChI=1S/C19H19N3O5S/c1-3-8-21(17(23)10-27-18(24)15-9-12(15)2)19-20-16(11-28-19)13-4-6-14(7-5-13)22(25)26/h3-7,11-12,15H,1,8-10H2,2H3/t12-,15-/m0/s1. The van der Waals surface area contributed by atoms with Crippen molar-refractivity contribution >= 4 is 34.0 Å². The first kappa shape index (κ1) is 19.7. The van der Waals surface area contributed by atoms with E-state index in [0.29, 0.717) is 22.3 Å². The highest BCUT2D eigenvalue weighted by Crippen LogP contribution is 2.38. The van der Waals surface area contributed by atoms with E-state index >= 15 is 0 Å². The van der Waals surface area contributed by atoms with Gasteiger partial charge in [0, 0.05) is 29.6 Å². The number of nitro groups is 1. The number of nitro benzene ring substituents is 1. The number of anilines is 1. The van der Waals surface area contributed by atoms with E-state index in [-0.39, 0.29) is 36.6 Å². The fourth-order valence-corrected chi connectivity index (χ4v) is 3.52. The predicted octanol–water partition coefficient (Wildman–Crippen LogP) is 3.44. The van der Waals surface area contributed by atoms with Crippen LogP contribution in [0, 0.1) is 22.0 Å². The number of esters is 1. The number of carbonyl (C=O) groups is 2. The lowest BCUT2D eigenvalue weighted by Gasteiger charge is -2.17. The number of hydrogen-bond donors (Lipinski definition) is 0. The third-order valence-electron chi connectivity index (χ3n) is 4.46. The molecule has 8 nitrogen and oxygen atoms in total. The molecule has 0 saturated heterocycles. The van der Waals surface area contributed by atoms with Gasteiger partial charge in [-0.05, 0) is 24.5 Å². The SMILES string of the molecule is C=CCN(C(=O)COC(=O)[C@H]1C[C@@H]1C)c1nc(-c2ccc([N+](=O)[O-])cc2)cs1. The summed E-state index contributed by atoms with van der Waals surface area (Å²) in [5.41, 5.74) is 1.29. The summed E-state index contributed by atoms with van der Waals surface area (Å²) in [7, 11) is 0. The van der Waals surface area contributed by atoms with E-state index in [4.69, 9.17) is 4.74 Å². The van der Waals surface area contributed by atoms with Crippen molar-refractivity contribution in [1.82, 2.24) is 4.98 Å². The predicted molar refractivity (Wildman–Crippen MR) is 105 cm³/mol. The molecule has 1 aliphatic carbocycles. The summed E-state index contributed by atoms with van der Waals surface area (Å²) in [5, 5.41) is 13.0. The Morgan fingerprint density at radius 2 is 2.11 bits per heavy atom. The molecule has 0 aliphatic heterocycles. The Labute approximate surface area is 165 Å². The molecule has 0 N–H and O–H groups in total. The fraction of sp³-hybridized carbons (Fsp3) is 0.316. The van der Waals surface area contributed by atoms with Crippen LogP contribution in [-0.4, -0.2) is 34.9 Å². The van der Waals surface area contributed by atoms with Crippen LogP contribution in [0.3, 0.4) is 0 Å². The van der Waals surface area contributed by atoms with Crippen molar-refractivity contribution in [3.8, 4) is 11.3 Å². The summed E-state index contributed by atoms with van der Waals surface area (Å²) in [5.74, 6) is -0.513. The van der Waals surface area contributed by atoms with Gasteiger partial charge < -0.3 is 4.74 Å². The van der Waals surface area contributed by atoms with Gasteiger partial charge in [0.1, 0.15) is 0 Å². The summed E-state index contributed by atoms with van der Waals surface area (Å²) in [6.07, 6.45) is 2.37. The van der Waals surface area contributed by atoms with Gasteiger partial charge in [-0.3, -0.25) is 24.6 Å². The molecule has 1 aromatic heterocycles. The first-order valence-corrected chi connectivity index (χ1v) is 9.57. The van der Waals surface area contributed by atoms with Gasteiger partial charge in [0.25, 0.3) is 11.6 Å². The minimum absolute atomic E-state index is 0.00513. The molecule has 1 amide bonds. The van der Waals surface area contributed by atoms with Crippen molar-refractivity contribution in [1.29, 1.82) is 0 Å². The van der Waals surface area contributed by atoms with Crippen molar-refractivity contribution < 1.29 is 19.2 Å². The number of hydrogen-bond acceptors (Lipinski definition) is 7. The number of aromatic nitrogens is 1. The summed E-state index contributed by atoms with van der Waals surface area (Å²) < 4.78 is 5.12. The second-order valence-electron chi connectivity index (χ2n) is 6.54. The number of non-ortho nitro benzene ring substituents is 1. The second-order valence-corrected chi connectivity index (χ2v) is 7.38. The molecule has 9 heteroatoms. The zero-order valence-electron chi connectivity index (χ0n) is 15.2. The third kappa shape index (κ3) is 4.42. The number of nitrogens with zero attached hydrogens (tertiary/aromatic N) is 3. The van der Waals surface area contributed by atoms with Crippen molar-refractivity contribution in [2.75, 3.05) is 18.1 Å². The number of benzene rings is 1. The number of amides is 1. The van der Waals surface area contributed by atoms with Gasteiger partial charge in [0.2, 0.25) is 0 Å². The number of ether oxygens (including phenoxy) is 1. The van der Waals surface area contributed by atoms with E-state index in [2.05, 4.69) is 11.6 Å². The van der Waals surface area contributed by atoms with Gasteiger partial charge in [-0.25, -0.2) is 4.98 Å². The average Bonchev–Trinajstić information content (AvgIpc) is 3.23. The topological polar surface area (TPSA) is 103 Å². The summed E-state index contributed by atoms with van der Waals surface area (Å²) in [6.45, 7) is 5.50. The molecule has 3 rings (SSSR count). The molecule has 1 aromatic carbocycles. The zero-order valence-corrected chi connectivity index (χ0v) is 16.1. The quantitative estimate of drug-likeness (QED) is 0.291. The van der Waals surface area contributed by atoms with Crippen LogP contribution in [0.5, 0.6) is 0 Å². The Balaban J connectivity index is 1.69. The van der Waals surface area contributed by atoms with Crippen molar-refractivity contribution in [3.05, 3.63) is 52.4 Å². The monoisotopic (exact) mass is 401 g/mol. The molecular weight excluding hydrogens is 382 g/mol. The van der Waals surface area contributed by atoms with Crippen molar-refractivity contribution in [2.45, 2.75) is 13.3 Å². The molecule has 1 aliphatic rings. The summed E-state index contributed by atoms with van der Waals surface area (Å²) >= 11 is 1.26. The lowest BCUT2D eigenvalue weighted by atomic mass is 10.1. The molecule has 2 atom stereocenters. The van der Waals surface area contributed by atoms with Gasteiger partial charge >= 0.3 is 5.97 Å². The van der Waals surface area contributed by atoms with E-state index < -0.39 is 4.92 Å². The lowest BCUT2D eigenvalue weighted by Crippen LogP contribution is -2.35. The molecule has 0 unspecified atom stereocenters. The molecule has 1 saturated carbocycles. The Hall–Kier alpha value is -3.07. The fourth-order valence-electron chi connectivity index (χ4n) is 2.66. The molecule has 2 aromatic rings. The van der Waals surface area contributed by atoms with Gasteiger partial charge in [0.05, 0.1) is 16.5 Å². The highest BCUT2D eigenvalue weighted by Gasteiger charge is 2.40. The lowest BCUT2D eigenvalue weighted by molar-refractivity contribution is -0.384. The van der Waals surface area contributed by atoms with Gasteiger partial charge in [0.15, 0.2) is 11.7 Å². The summed E-state index contributed by atoms with van der Waals surface area (Å²) in [6, 6.07) is 6.02. The molecule has 1 fully saturated rings. The minimum Gasteiger partial charge on any atom is -0.455 e. The molecule has 0 bridgehead atoms. The molecule has 0 spiro atoms. The first-order chi connectivity index (χ1) is 13.4.